The normalized spacial score (nSPS) is 58.6. The molecule has 5 aliphatic rings. The Morgan fingerprint density at radius 2 is 1.92 bits per heavy atom. The Morgan fingerprint density at radius 1 is 1.11 bits per heavy atom. The second-order valence-electron chi connectivity index (χ2n) is 11.3. The molecular formula is C32H43NO4. The summed E-state index contributed by atoms with van der Waals surface area (Å²) in [5.74, 6) is -11.7. The van der Waals surface area contributed by atoms with E-state index in [4.69, 9.17) is 28.0 Å². The minimum atomic E-state index is -3.96. The van der Waals surface area contributed by atoms with Crippen molar-refractivity contribution in [2.75, 3.05) is 7.11 Å². The Hall–Kier alpha value is -2.22. The molecule has 3 saturated carbocycles. The highest BCUT2D eigenvalue weighted by molar-refractivity contribution is 6.04. The molecule has 0 radical (unpaired) electrons. The van der Waals surface area contributed by atoms with E-state index in [9.17, 15) is 23.1 Å². The molecule has 7 atom stereocenters. The molecule has 0 saturated heterocycles. The van der Waals surface area contributed by atoms with Crippen LogP contribution < -0.4 is 0 Å². The molecule has 0 aliphatic heterocycles. The van der Waals surface area contributed by atoms with Crippen LogP contribution in [0.1, 0.15) is 124 Å². The van der Waals surface area contributed by atoms with Gasteiger partial charge in [-0.15, -0.1) is 0 Å². The highest BCUT2D eigenvalue weighted by Crippen LogP contribution is 2.74. The Morgan fingerprint density at radius 3 is 2.54 bits per heavy atom. The fourth-order valence-electron chi connectivity index (χ4n) is 7.80. The van der Waals surface area contributed by atoms with Crippen LogP contribution in [0.25, 0.3) is 0 Å². The van der Waals surface area contributed by atoms with E-state index in [1.807, 2.05) is 0 Å². The number of hydrogen-bond donors (Lipinski definition) is 0. The molecule has 37 heavy (non-hydrogen) atoms. The molecule has 0 amide bonds. The van der Waals surface area contributed by atoms with E-state index in [0.29, 0.717) is 12.2 Å². The molecule has 0 bridgehead atoms. The average molecular weight is 529 g/mol. The van der Waals surface area contributed by atoms with E-state index < -0.39 is 172 Å². The number of ether oxygens (including phenoxy) is 1. The summed E-state index contributed by atoms with van der Waals surface area (Å²) in [4.78, 5) is 43.5. The van der Waals surface area contributed by atoms with E-state index in [-0.39, 0.29) is 0 Å². The maximum atomic E-state index is 15.3. The predicted octanol–water partition coefficient (Wildman–Crippen LogP) is 6.38. The maximum absolute atomic E-state index is 15.3. The van der Waals surface area contributed by atoms with Crippen molar-refractivity contribution < 1.29 is 50.6 Å². The smallest absolute Gasteiger partial charge is 0.312 e. The highest BCUT2D eigenvalue weighted by Gasteiger charge is 2.71. The fourth-order valence-corrected chi connectivity index (χ4v) is 7.80. The van der Waals surface area contributed by atoms with Crippen molar-refractivity contribution in [2.24, 2.45) is 50.2 Å². The number of ketones is 2. The third-order valence-electron chi connectivity index (χ3n) is 9.67. The number of nitrogens with zero attached hydrogens (tertiary/aromatic N) is 1. The topological polar surface area (TPSA) is 84.2 Å². The van der Waals surface area contributed by atoms with Gasteiger partial charge in [0.2, 0.25) is 0 Å². The van der Waals surface area contributed by atoms with E-state index in [0.717, 1.165) is 7.11 Å². The SMILES string of the molecule is [2H]C([2H])([2H])C1(C([2H])([2H])[2H])C(=O)C(C#N)=C[C@]2(C([2H])([2H])[2H])C3=CC(=O)[C@@H]4[C@@H]5CC(C([2H])([2H])[2H])(C([2H])([2H])[2H])C([2H])([2H])C[C@]5(C(=O)OC)CC[C@@]4(C([2H])([2H])[2H])[C@]3(C([2H])([2H])[2H])CC[C@@H]12. The third-order valence-corrected chi connectivity index (χ3v) is 9.67. The standard InChI is InChI=1S/C32H43NO4/c1-27(2)11-13-32(26(36)37-8)14-12-31(7)24(20(32)17-27)21(34)15-23-29(5)16-19(18-33)25(35)28(3,4)22(29)9-10-30(23,31)6/h15-16,20,22,24H,9-14,17H2,1-8H3/t20-,22-,24-,29-,30+,31+,32-/m0/s1/i1D3,2D3,3D3,4D3,5D3,6D3,7D3,11D2. The minimum absolute atomic E-state index is 0.383. The molecule has 0 N–H and O–H groups in total. The molecule has 5 aliphatic carbocycles. The van der Waals surface area contributed by atoms with Gasteiger partial charge < -0.3 is 4.74 Å². The fraction of sp³-hybridized carbons (Fsp3) is 0.750. The van der Waals surface area contributed by atoms with Crippen molar-refractivity contribution in [3.63, 3.8) is 0 Å². The molecule has 200 valence electrons. The molecule has 5 nitrogen and oxygen atoms in total. The van der Waals surface area contributed by atoms with Crippen LogP contribution >= 0.6 is 0 Å². The molecule has 0 aromatic heterocycles. The first-order valence-corrected chi connectivity index (χ1v) is 12.1. The molecule has 0 aromatic rings. The Labute approximate surface area is 254 Å². The van der Waals surface area contributed by atoms with Crippen molar-refractivity contribution in [3.8, 4) is 6.07 Å². The zero-order valence-corrected chi connectivity index (χ0v) is 20.2. The van der Waals surface area contributed by atoms with Crippen LogP contribution in [0.3, 0.4) is 0 Å². The number of fused-ring (bicyclic) bond motifs is 7. The Bertz CT molecular complexity index is 1940. The molecule has 0 spiro atoms. The number of Topliss-reactive ketones (excluding diaryl/α,β-unsaturated/α-hetero) is 1. The van der Waals surface area contributed by atoms with Crippen molar-refractivity contribution in [3.05, 3.63) is 23.3 Å². The van der Waals surface area contributed by atoms with Crippen LogP contribution in [0.5, 0.6) is 0 Å². The maximum Gasteiger partial charge on any atom is 0.312 e. The van der Waals surface area contributed by atoms with Crippen molar-refractivity contribution in [1.82, 2.24) is 0 Å². The number of rotatable bonds is 1. The van der Waals surface area contributed by atoms with Crippen LogP contribution in [-0.2, 0) is 19.1 Å². The number of esters is 1. The first-order chi connectivity index (χ1) is 26.5. The van der Waals surface area contributed by atoms with E-state index in [1.54, 1.807) is 0 Å². The summed E-state index contributed by atoms with van der Waals surface area (Å²) in [5, 5.41) is 10.2. The van der Waals surface area contributed by atoms with Gasteiger partial charge >= 0.3 is 5.97 Å². The highest BCUT2D eigenvalue weighted by atomic mass is 16.5. The average Bonchev–Trinajstić information content (AvgIpc) is 3.02. The van der Waals surface area contributed by atoms with Gasteiger partial charge in [-0.25, -0.2) is 0 Å². The van der Waals surface area contributed by atoms with Gasteiger partial charge in [-0.3, -0.25) is 14.4 Å². The second-order valence-corrected chi connectivity index (χ2v) is 11.3. The van der Waals surface area contributed by atoms with Gasteiger partial charge in [0, 0.05) is 48.3 Å². The van der Waals surface area contributed by atoms with Crippen LogP contribution in [0, 0.1) is 61.6 Å². The Balaban J connectivity index is 2.07. The molecule has 0 aromatic carbocycles. The van der Waals surface area contributed by atoms with Gasteiger partial charge in [-0.05, 0) is 79.1 Å². The molecule has 3 fully saturated rings. The minimum Gasteiger partial charge on any atom is -0.469 e. The third kappa shape index (κ3) is 3.11. The molecule has 5 heteroatoms. The largest absolute Gasteiger partial charge is 0.469 e. The molecular weight excluding hydrogens is 462 g/mol. The van der Waals surface area contributed by atoms with Gasteiger partial charge in [0.1, 0.15) is 6.07 Å². The zero-order valence-electron chi connectivity index (χ0n) is 43.2. The lowest BCUT2D eigenvalue weighted by molar-refractivity contribution is -0.191. The van der Waals surface area contributed by atoms with Crippen LogP contribution in [-0.4, -0.2) is 24.6 Å². The first kappa shape index (κ1) is 10.4. The summed E-state index contributed by atoms with van der Waals surface area (Å²) >= 11 is 0. The van der Waals surface area contributed by atoms with Crippen molar-refractivity contribution in [2.45, 2.75) is 92.9 Å². The van der Waals surface area contributed by atoms with Gasteiger partial charge in [0.05, 0.1) is 18.1 Å². The van der Waals surface area contributed by atoms with Crippen LogP contribution in [0.4, 0.5) is 0 Å². The monoisotopic (exact) mass is 528 g/mol. The summed E-state index contributed by atoms with van der Waals surface area (Å²) in [6.07, 6.45) is -9.47. The van der Waals surface area contributed by atoms with Crippen LogP contribution in [0.2, 0.25) is 0 Å². The van der Waals surface area contributed by atoms with Crippen molar-refractivity contribution >= 4 is 17.5 Å². The predicted molar refractivity (Wildman–Crippen MR) is 141 cm³/mol. The Kier molecular flexibility index (Phi) is 2.16. The number of carbonyl (C=O) groups is 3. The van der Waals surface area contributed by atoms with Gasteiger partial charge in [-0.1, -0.05) is 59.6 Å². The quantitative estimate of drug-likeness (QED) is 0.369. The van der Waals surface area contributed by atoms with Gasteiger partial charge in [-0.2, -0.15) is 5.26 Å². The number of nitriles is 1. The van der Waals surface area contributed by atoms with E-state index >= 15 is 4.79 Å². The second kappa shape index (κ2) is 7.67. The first-order valence-electron chi connectivity index (χ1n) is 23.6. The lowest BCUT2D eigenvalue weighted by Crippen LogP contribution is -2.65. The molecule has 0 unspecified atom stereocenters. The summed E-state index contributed by atoms with van der Waals surface area (Å²) in [5.41, 5.74) is -21.8. The summed E-state index contributed by atoms with van der Waals surface area (Å²) in [6, 6.07) is 1.35. The van der Waals surface area contributed by atoms with Crippen molar-refractivity contribution in [1.29, 1.82) is 5.26 Å². The summed E-state index contributed by atoms with van der Waals surface area (Å²) in [6.45, 7) is -26.9. The number of hydrogen-bond acceptors (Lipinski definition) is 5. The number of carbonyl (C=O) groups excluding carboxylic acids is 3. The lowest BCUT2D eigenvalue weighted by atomic mass is 9.34. The van der Waals surface area contributed by atoms with E-state index in [2.05, 4.69) is 0 Å². The molecule has 0 heterocycles. The van der Waals surface area contributed by atoms with Gasteiger partial charge in [0.25, 0.3) is 0 Å². The number of methoxy groups -OCH3 is 1. The number of allylic oxidation sites excluding steroid dienone is 4. The van der Waals surface area contributed by atoms with E-state index in [1.165, 1.54) is 6.07 Å². The molecule has 5 rings (SSSR count). The summed E-state index contributed by atoms with van der Waals surface area (Å²) in [7, 11) is 0.850. The zero-order chi connectivity index (χ0) is 46.7. The lowest BCUT2D eigenvalue weighted by Gasteiger charge is -2.68. The van der Waals surface area contributed by atoms with Gasteiger partial charge in [0.15, 0.2) is 11.6 Å². The van der Waals surface area contributed by atoms with Crippen LogP contribution in [0.15, 0.2) is 23.3 Å². The summed E-state index contributed by atoms with van der Waals surface area (Å²) < 4.78 is 207.